The molecule has 2 heterocycles. The summed E-state index contributed by atoms with van der Waals surface area (Å²) < 4.78 is 0. The first-order valence-electron chi connectivity index (χ1n) is 6.41. The standard InChI is InChI=1S/C12H21N3O/c1-9-13-12(5-6-12)11(16)15(9)8-10-4-3-7-14(10)2/h9-10,13H,3-8H2,1-2H3. The normalized spacial score (nSPS) is 37.6. The summed E-state index contributed by atoms with van der Waals surface area (Å²) in [6, 6.07) is 0.571. The Hall–Kier alpha value is -0.610. The van der Waals surface area contributed by atoms with Crippen molar-refractivity contribution in [1.29, 1.82) is 0 Å². The van der Waals surface area contributed by atoms with E-state index in [1.807, 2.05) is 0 Å². The van der Waals surface area contributed by atoms with Crippen LogP contribution in [-0.2, 0) is 4.79 Å². The summed E-state index contributed by atoms with van der Waals surface area (Å²) in [5.41, 5.74) is -0.142. The van der Waals surface area contributed by atoms with Crippen LogP contribution in [0.4, 0.5) is 0 Å². The third kappa shape index (κ3) is 1.47. The Balaban J connectivity index is 1.68. The minimum Gasteiger partial charge on any atom is -0.324 e. The maximum atomic E-state index is 12.2. The quantitative estimate of drug-likeness (QED) is 0.735. The Bertz CT molecular complexity index is 313. The van der Waals surface area contributed by atoms with E-state index in [-0.39, 0.29) is 11.7 Å². The predicted octanol–water partition coefficient (Wildman–Crippen LogP) is 0.391. The molecule has 2 saturated heterocycles. The van der Waals surface area contributed by atoms with E-state index in [2.05, 4.69) is 29.1 Å². The van der Waals surface area contributed by atoms with Crippen LogP contribution in [-0.4, -0.2) is 53.6 Å². The molecule has 16 heavy (non-hydrogen) atoms. The third-order valence-electron chi connectivity index (χ3n) is 4.45. The fourth-order valence-electron chi connectivity index (χ4n) is 3.15. The second kappa shape index (κ2) is 3.44. The van der Waals surface area contributed by atoms with E-state index in [9.17, 15) is 4.79 Å². The van der Waals surface area contributed by atoms with Gasteiger partial charge in [-0.3, -0.25) is 10.1 Å². The predicted molar refractivity (Wildman–Crippen MR) is 61.9 cm³/mol. The molecule has 0 bridgehead atoms. The zero-order chi connectivity index (χ0) is 11.3. The van der Waals surface area contributed by atoms with Crippen LogP contribution in [0.5, 0.6) is 0 Å². The Kier molecular flexibility index (Phi) is 2.27. The van der Waals surface area contributed by atoms with Crippen LogP contribution in [0.15, 0.2) is 0 Å². The highest BCUT2D eigenvalue weighted by molar-refractivity contribution is 5.91. The molecule has 1 amide bonds. The molecule has 3 aliphatic rings. The first-order valence-corrected chi connectivity index (χ1v) is 6.41. The Labute approximate surface area is 97.0 Å². The number of nitrogens with one attached hydrogen (secondary N) is 1. The van der Waals surface area contributed by atoms with Gasteiger partial charge in [-0.15, -0.1) is 0 Å². The molecular weight excluding hydrogens is 202 g/mol. The number of amides is 1. The first kappa shape index (κ1) is 10.5. The summed E-state index contributed by atoms with van der Waals surface area (Å²) in [5, 5.41) is 3.45. The Morgan fingerprint density at radius 1 is 1.50 bits per heavy atom. The van der Waals surface area contributed by atoms with Crippen molar-refractivity contribution < 1.29 is 4.79 Å². The zero-order valence-electron chi connectivity index (χ0n) is 10.2. The van der Waals surface area contributed by atoms with Crippen LogP contribution in [0, 0.1) is 0 Å². The van der Waals surface area contributed by atoms with Gasteiger partial charge in [0.05, 0.1) is 11.7 Å². The van der Waals surface area contributed by atoms with Crippen molar-refractivity contribution in [3.8, 4) is 0 Å². The lowest BCUT2D eigenvalue weighted by Crippen LogP contribution is -2.43. The molecule has 1 spiro atoms. The second-order valence-corrected chi connectivity index (χ2v) is 5.64. The van der Waals surface area contributed by atoms with Gasteiger partial charge in [-0.2, -0.15) is 0 Å². The SMILES string of the molecule is CC1NC2(CC2)C(=O)N1CC1CCCN1C. The smallest absolute Gasteiger partial charge is 0.244 e. The van der Waals surface area contributed by atoms with E-state index in [0.717, 1.165) is 19.4 Å². The van der Waals surface area contributed by atoms with Gasteiger partial charge in [0.15, 0.2) is 0 Å². The minimum atomic E-state index is -0.142. The summed E-state index contributed by atoms with van der Waals surface area (Å²) in [4.78, 5) is 16.7. The number of nitrogens with zero attached hydrogens (tertiary/aromatic N) is 2. The molecule has 0 aromatic rings. The van der Waals surface area contributed by atoms with Crippen molar-refractivity contribution in [2.24, 2.45) is 0 Å². The lowest BCUT2D eigenvalue weighted by Gasteiger charge is -2.28. The van der Waals surface area contributed by atoms with Crippen LogP contribution in [0.2, 0.25) is 0 Å². The lowest BCUT2D eigenvalue weighted by atomic mass is 10.2. The van der Waals surface area contributed by atoms with Gasteiger partial charge in [-0.25, -0.2) is 0 Å². The average molecular weight is 223 g/mol. The van der Waals surface area contributed by atoms with Gasteiger partial charge < -0.3 is 9.80 Å². The van der Waals surface area contributed by atoms with Crippen molar-refractivity contribution >= 4 is 5.91 Å². The van der Waals surface area contributed by atoms with Crippen LogP contribution < -0.4 is 5.32 Å². The van der Waals surface area contributed by atoms with Crippen molar-refractivity contribution in [2.45, 2.75) is 50.4 Å². The lowest BCUT2D eigenvalue weighted by molar-refractivity contribution is -0.131. The summed E-state index contributed by atoms with van der Waals surface area (Å²) >= 11 is 0. The molecule has 2 atom stereocenters. The van der Waals surface area contributed by atoms with Gasteiger partial charge in [0.1, 0.15) is 0 Å². The average Bonchev–Trinajstić information content (AvgIpc) is 2.85. The Morgan fingerprint density at radius 3 is 2.75 bits per heavy atom. The maximum Gasteiger partial charge on any atom is 0.244 e. The molecule has 0 radical (unpaired) electrons. The van der Waals surface area contributed by atoms with Crippen LogP contribution in [0.25, 0.3) is 0 Å². The number of hydrogen-bond acceptors (Lipinski definition) is 3. The highest BCUT2D eigenvalue weighted by Crippen LogP contribution is 2.42. The molecule has 1 N–H and O–H groups in total. The van der Waals surface area contributed by atoms with E-state index < -0.39 is 0 Å². The molecule has 1 aliphatic carbocycles. The van der Waals surface area contributed by atoms with Gasteiger partial charge in [0.2, 0.25) is 5.91 Å². The van der Waals surface area contributed by atoms with Gasteiger partial charge in [0, 0.05) is 12.6 Å². The second-order valence-electron chi connectivity index (χ2n) is 5.64. The summed E-state index contributed by atoms with van der Waals surface area (Å²) in [7, 11) is 2.17. The number of hydrogen-bond donors (Lipinski definition) is 1. The number of likely N-dealkylation sites (tertiary alicyclic amines) is 1. The Morgan fingerprint density at radius 2 is 2.25 bits per heavy atom. The molecule has 1 saturated carbocycles. The van der Waals surface area contributed by atoms with Gasteiger partial charge >= 0.3 is 0 Å². The molecule has 3 fully saturated rings. The van der Waals surface area contributed by atoms with E-state index in [4.69, 9.17) is 0 Å². The number of rotatable bonds is 2. The fourth-order valence-corrected chi connectivity index (χ4v) is 3.15. The molecule has 2 unspecified atom stereocenters. The van der Waals surface area contributed by atoms with Crippen LogP contribution in [0.1, 0.15) is 32.6 Å². The summed E-state index contributed by atoms with van der Waals surface area (Å²) in [6.45, 7) is 4.20. The van der Waals surface area contributed by atoms with E-state index in [1.165, 1.54) is 19.4 Å². The summed E-state index contributed by atoms with van der Waals surface area (Å²) in [5.74, 6) is 0.347. The fraction of sp³-hybridized carbons (Fsp3) is 0.917. The van der Waals surface area contributed by atoms with Gasteiger partial charge in [0.25, 0.3) is 0 Å². The number of carbonyl (C=O) groups is 1. The molecule has 0 aromatic carbocycles. The van der Waals surface area contributed by atoms with Crippen molar-refractivity contribution in [2.75, 3.05) is 20.1 Å². The number of carbonyl (C=O) groups excluding carboxylic acids is 1. The molecule has 4 heteroatoms. The first-order chi connectivity index (χ1) is 7.62. The largest absolute Gasteiger partial charge is 0.324 e. The molecular formula is C12H21N3O. The molecule has 2 aliphatic heterocycles. The van der Waals surface area contributed by atoms with Crippen LogP contribution >= 0.6 is 0 Å². The molecule has 90 valence electrons. The summed E-state index contributed by atoms with van der Waals surface area (Å²) in [6.07, 6.45) is 4.81. The van der Waals surface area contributed by atoms with Crippen LogP contribution in [0.3, 0.4) is 0 Å². The third-order valence-corrected chi connectivity index (χ3v) is 4.45. The van der Waals surface area contributed by atoms with Gasteiger partial charge in [-0.05, 0) is 46.2 Å². The number of likely N-dealkylation sites (N-methyl/N-ethyl adjacent to an activating group) is 1. The molecule has 3 rings (SSSR count). The van der Waals surface area contributed by atoms with E-state index in [1.54, 1.807) is 0 Å². The minimum absolute atomic E-state index is 0.142. The highest BCUT2D eigenvalue weighted by atomic mass is 16.2. The van der Waals surface area contributed by atoms with Gasteiger partial charge in [-0.1, -0.05) is 0 Å². The maximum absolute atomic E-state index is 12.2. The molecule has 0 aromatic heterocycles. The highest BCUT2D eigenvalue weighted by Gasteiger charge is 2.58. The molecule has 4 nitrogen and oxygen atoms in total. The van der Waals surface area contributed by atoms with Crippen molar-refractivity contribution in [3.05, 3.63) is 0 Å². The van der Waals surface area contributed by atoms with E-state index >= 15 is 0 Å². The van der Waals surface area contributed by atoms with Crippen molar-refractivity contribution in [1.82, 2.24) is 15.1 Å². The van der Waals surface area contributed by atoms with E-state index in [0.29, 0.717) is 11.9 Å². The van der Waals surface area contributed by atoms with Crippen molar-refractivity contribution in [3.63, 3.8) is 0 Å². The zero-order valence-corrected chi connectivity index (χ0v) is 10.2. The topological polar surface area (TPSA) is 35.6 Å². The monoisotopic (exact) mass is 223 g/mol.